The summed E-state index contributed by atoms with van der Waals surface area (Å²) >= 11 is 0. The Kier molecular flexibility index (Phi) is 2.96. The molecule has 3 rings (SSSR count). The highest BCUT2D eigenvalue weighted by Crippen LogP contribution is 2.26. The zero-order valence-corrected chi connectivity index (χ0v) is 10.7. The van der Waals surface area contributed by atoms with E-state index in [0.717, 1.165) is 0 Å². The molecule has 1 fully saturated rings. The van der Waals surface area contributed by atoms with Crippen LogP contribution in [-0.4, -0.2) is 25.0 Å². The predicted octanol–water partition coefficient (Wildman–Crippen LogP) is 1.19. The Labute approximate surface area is 111 Å². The monoisotopic (exact) mass is 276 g/mol. The van der Waals surface area contributed by atoms with Gasteiger partial charge in [0.15, 0.2) is 21.4 Å². The van der Waals surface area contributed by atoms with E-state index in [1.54, 1.807) is 54.7 Å². The molecule has 6 heteroatoms. The molecule has 19 heavy (non-hydrogen) atoms. The Morgan fingerprint density at radius 3 is 2.47 bits per heavy atom. The van der Waals surface area contributed by atoms with Gasteiger partial charge in [0.2, 0.25) is 5.88 Å². The molecule has 1 aliphatic rings. The van der Waals surface area contributed by atoms with Gasteiger partial charge in [-0.25, -0.2) is 13.4 Å². The van der Waals surface area contributed by atoms with Gasteiger partial charge in [0, 0.05) is 12.3 Å². The Morgan fingerprint density at radius 1 is 1.05 bits per heavy atom. The van der Waals surface area contributed by atoms with Crippen molar-refractivity contribution >= 4 is 9.84 Å². The first-order chi connectivity index (χ1) is 9.18. The van der Waals surface area contributed by atoms with Gasteiger partial charge in [0.25, 0.3) is 0 Å². The fourth-order valence-electron chi connectivity index (χ4n) is 1.76. The van der Waals surface area contributed by atoms with E-state index in [0.29, 0.717) is 10.8 Å². The van der Waals surface area contributed by atoms with Crippen molar-refractivity contribution in [3.8, 4) is 5.88 Å². The SMILES string of the molecule is O=S(=O)(c1ccccc1)C1NC1Oc1ccccn1. The van der Waals surface area contributed by atoms with Crippen LogP contribution < -0.4 is 10.1 Å². The molecule has 98 valence electrons. The quantitative estimate of drug-likeness (QED) is 0.849. The van der Waals surface area contributed by atoms with Gasteiger partial charge in [0.1, 0.15) is 0 Å². The number of hydrogen-bond donors (Lipinski definition) is 1. The van der Waals surface area contributed by atoms with Crippen LogP contribution in [0.2, 0.25) is 0 Å². The van der Waals surface area contributed by atoms with Crippen molar-refractivity contribution in [2.24, 2.45) is 0 Å². The minimum absolute atomic E-state index is 0.291. The van der Waals surface area contributed by atoms with Crippen LogP contribution in [0.15, 0.2) is 59.6 Å². The molecule has 0 radical (unpaired) electrons. The summed E-state index contributed by atoms with van der Waals surface area (Å²) < 4.78 is 29.9. The summed E-state index contributed by atoms with van der Waals surface area (Å²) in [6, 6.07) is 13.6. The van der Waals surface area contributed by atoms with Crippen molar-refractivity contribution in [3.63, 3.8) is 0 Å². The number of benzene rings is 1. The molecule has 5 nitrogen and oxygen atoms in total. The van der Waals surface area contributed by atoms with Gasteiger partial charge in [-0.1, -0.05) is 24.3 Å². The molecular formula is C13H12N2O3S. The lowest BCUT2D eigenvalue weighted by atomic mass is 10.4. The van der Waals surface area contributed by atoms with E-state index in [-0.39, 0.29) is 0 Å². The summed E-state index contributed by atoms with van der Waals surface area (Å²) in [5.74, 6) is 0.408. The highest BCUT2D eigenvalue weighted by atomic mass is 32.2. The van der Waals surface area contributed by atoms with Crippen LogP contribution in [0.25, 0.3) is 0 Å². The topological polar surface area (TPSA) is 78.2 Å². The maximum Gasteiger partial charge on any atom is 0.214 e. The highest BCUT2D eigenvalue weighted by Gasteiger charge is 2.49. The minimum atomic E-state index is -3.40. The third-order valence-corrected chi connectivity index (χ3v) is 4.77. The molecule has 1 aromatic heterocycles. The average molecular weight is 276 g/mol. The largest absolute Gasteiger partial charge is 0.456 e. The second-order valence-corrected chi connectivity index (χ2v) is 6.22. The lowest BCUT2D eigenvalue weighted by Gasteiger charge is -2.03. The second kappa shape index (κ2) is 4.64. The van der Waals surface area contributed by atoms with Crippen LogP contribution in [-0.2, 0) is 9.84 Å². The summed E-state index contributed by atoms with van der Waals surface area (Å²) in [6.45, 7) is 0. The fraction of sp³-hybridized carbons (Fsp3) is 0.154. The Morgan fingerprint density at radius 2 is 1.79 bits per heavy atom. The van der Waals surface area contributed by atoms with E-state index in [2.05, 4.69) is 10.3 Å². The Balaban J connectivity index is 1.73. The molecular weight excluding hydrogens is 264 g/mol. The summed E-state index contributed by atoms with van der Waals surface area (Å²) in [5, 5.41) is 2.09. The third kappa shape index (κ3) is 2.45. The second-order valence-electron chi connectivity index (χ2n) is 4.15. The average Bonchev–Trinajstić information content (AvgIpc) is 3.21. The highest BCUT2D eigenvalue weighted by molar-refractivity contribution is 7.92. The third-order valence-electron chi connectivity index (χ3n) is 2.79. The van der Waals surface area contributed by atoms with Crippen LogP contribution in [0.3, 0.4) is 0 Å². The van der Waals surface area contributed by atoms with Gasteiger partial charge in [-0.3, -0.25) is 5.32 Å². The molecule has 2 atom stereocenters. The molecule has 0 amide bonds. The zero-order valence-electron chi connectivity index (χ0n) is 9.93. The number of hydrogen-bond acceptors (Lipinski definition) is 5. The number of nitrogens with zero attached hydrogens (tertiary/aromatic N) is 1. The predicted molar refractivity (Wildman–Crippen MR) is 69.2 cm³/mol. The minimum Gasteiger partial charge on any atom is -0.456 e. The zero-order chi connectivity index (χ0) is 13.3. The standard InChI is InChI=1S/C13H12N2O3S/c16-19(17,10-6-2-1-3-7-10)13-12(15-13)18-11-8-4-5-9-14-11/h1-9,12-13,15H. The molecule has 0 bridgehead atoms. The molecule has 1 aromatic carbocycles. The summed E-state index contributed by atoms with van der Waals surface area (Å²) in [7, 11) is -3.40. The molecule has 2 aromatic rings. The maximum absolute atomic E-state index is 12.2. The van der Waals surface area contributed by atoms with E-state index in [9.17, 15) is 8.42 Å². The van der Waals surface area contributed by atoms with Gasteiger partial charge >= 0.3 is 0 Å². The molecule has 0 spiro atoms. The molecule has 2 heterocycles. The molecule has 1 saturated heterocycles. The van der Waals surface area contributed by atoms with Gasteiger partial charge in [-0.15, -0.1) is 0 Å². The Hall–Kier alpha value is -1.92. The number of rotatable bonds is 4. The van der Waals surface area contributed by atoms with Gasteiger partial charge in [0.05, 0.1) is 4.90 Å². The first kappa shape index (κ1) is 12.1. The first-order valence-electron chi connectivity index (χ1n) is 5.80. The van der Waals surface area contributed by atoms with E-state index in [1.165, 1.54) is 0 Å². The lowest BCUT2D eigenvalue weighted by molar-refractivity contribution is 0.283. The maximum atomic E-state index is 12.2. The van der Waals surface area contributed by atoms with E-state index < -0.39 is 21.4 Å². The van der Waals surface area contributed by atoms with Crippen LogP contribution in [0.4, 0.5) is 0 Å². The number of aromatic nitrogens is 1. The van der Waals surface area contributed by atoms with E-state index in [4.69, 9.17) is 4.74 Å². The fourth-order valence-corrected chi connectivity index (χ4v) is 3.28. The van der Waals surface area contributed by atoms with Crippen LogP contribution in [0, 0.1) is 0 Å². The first-order valence-corrected chi connectivity index (χ1v) is 7.35. The van der Waals surface area contributed by atoms with Gasteiger partial charge in [-0.05, 0) is 18.2 Å². The normalized spacial score (nSPS) is 21.9. The van der Waals surface area contributed by atoms with Crippen molar-refractivity contribution < 1.29 is 13.2 Å². The van der Waals surface area contributed by atoms with Crippen molar-refractivity contribution in [1.29, 1.82) is 0 Å². The van der Waals surface area contributed by atoms with Gasteiger partial charge in [-0.2, -0.15) is 0 Å². The van der Waals surface area contributed by atoms with E-state index in [1.807, 2.05) is 0 Å². The van der Waals surface area contributed by atoms with Crippen molar-refractivity contribution in [3.05, 3.63) is 54.7 Å². The van der Waals surface area contributed by atoms with Gasteiger partial charge < -0.3 is 4.74 Å². The summed E-state index contributed by atoms with van der Waals surface area (Å²) in [6.07, 6.45) is 1.05. The van der Waals surface area contributed by atoms with E-state index >= 15 is 0 Å². The number of nitrogens with one attached hydrogen (secondary N) is 1. The molecule has 0 saturated carbocycles. The number of ether oxygens (including phenoxy) is 1. The van der Waals surface area contributed by atoms with Crippen LogP contribution in [0.1, 0.15) is 0 Å². The van der Waals surface area contributed by atoms with Crippen molar-refractivity contribution in [1.82, 2.24) is 10.3 Å². The van der Waals surface area contributed by atoms with Crippen LogP contribution in [0.5, 0.6) is 5.88 Å². The van der Waals surface area contributed by atoms with Crippen LogP contribution >= 0.6 is 0 Å². The molecule has 2 unspecified atom stereocenters. The number of pyridine rings is 1. The van der Waals surface area contributed by atoms with Crippen molar-refractivity contribution in [2.45, 2.75) is 16.5 Å². The smallest absolute Gasteiger partial charge is 0.214 e. The molecule has 1 aliphatic heterocycles. The molecule has 1 N–H and O–H groups in total. The molecule has 0 aliphatic carbocycles. The lowest BCUT2D eigenvalue weighted by Crippen LogP contribution is -2.14. The Bertz CT molecular complexity index is 659. The van der Waals surface area contributed by atoms with Crippen molar-refractivity contribution in [2.75, 3.05) is 0 Å². The number of sulfone groups is 1. The summed E-state index contributed by atoms with van der Waals surface area (Å²) in [4.78, 5) is 4.28. The summed E-state index contributed by atoms with van der Waals surface area (Å²) in [5.41, 5.74) is 0.